The first-order valence-electron chi connectivity index (χ1n) is 9.43. The summed E-state index contributed by atoms with van der Waals surface area (Å²) in [5, 5.41) is 7.07. The Balaban J connectivity index is 0.00000243. The second-order valence-electron chi connectivity index (χ2n) is 7.06. The minimum atomic E-state index is 0. The molecule has 0 heterocycles. The van der Waals surface area contributed by atoms with Gasteiger partial charge in [0.25, 0.3) is 0 Å². The predicted octanol–water partition coefficient (Wildman–Crippen LogP) is 3.37. The van der Waals surface area contributed by atoms with E-state index in [1.807, 2.05) is 19.2 Å². The van der Waals surface area contributed by atoms with Gasteiger partial charge >= 0.3 is 0 Å². The summed E-state index contributed by atoms with van der Waals surface area (Å²) in [6.07, 6.45) is 6.36. The summed E-state index contributed by atoms with van der Waals surface area (Å²) >= 11 is 0. The summed E-state index contributed by atoms with van der Waals surface area (Å²) in [6, 6.07) is 8.72. The Morgan fingerprint density at radius 1 is 1.27 bits per heavy atom. The van der Waals surface area contributed by atoms with Crippen LogP contribution in [0.2, 0.25) is 0 Å². The fourth-order valence-corrected chi connectivity index (χ4v) is 4.12. The van der Waals surface area contributed by atoms with E-state index >= 15 is 0 Å². The zero-order valence-corrected chi connectivity index (χ0v) is 18.4. The molecule has 1 spiro atoms. The molecule has 0 amide bonds. The van der Waals surface area contributed by atoms with E-state index in [1.54, 1.807) is 7.11 Å². The van der Waals surface area contributed by atoms with Crippen molar-refractivity contribution in [2.45, 2.75) is 51.2 Å². The molecule has 3 rings (SSSR count). The Labute approximate surface area is 174 Å². The van der Waals surface area contributed by atoms with Crippen LogP contribution in [0.15, 0.2) is 29.3 Å². The Bertz CT molecular complexity index is 587. The maximum atomic E-state index is 5.93. The highest BCUT2D eigenvalue weighted by Gasteiger charge is 2.59. The maximum absolute atomic E-state index is 5.93. The summed E-state index contributed by atoms with van der Waals surface area (Å²) in [7, 11) is 3.53. The molecule has 2 fully saturated rings. The topological polar surface area (TPSA) is 54.9 Å². The third kappa shape index (κ3) is 4.44. The number of ether oxygens (including phenoxy) is 2. The highest BCUT2D eigenvalue weighted by Crippen LogP contribution is 2.57. The molecule has 6 heteroatoms. The van der Waals surface area contributed by atoms with Gasteiger partial charge in [-0.1, -0.05) is 18.6 Å². The number of rotatable bonds is 7. The molecule has 2 aliphatic carbocycles. The van der Waals surface area contributed by atoms with Gasteiger partial charge in [0.15, 0.2) is 5.96 Å². The lowest BCUT2D eigenvalue weighted by atomic mass is 9.51. The van der Waals surface area contributed by atoms with Gasteiger partial charge in [-0.05, 0) is 50.3 Å². The van der Waals surface area contributed by atoms with E-state index in [0.717, 1.165) is 37.7 Å². The second-order valence-corrected chi connectivity index (χ2v) is 7.06. The molecule has 0 aromatic heterocycles. The van der Waals surface area contributed by atoms with Crippen LogP contribution in [-0.2, 0) is 11.2 Å². The van der Waals surface area contributed by atoms with Crippen LogP contribution in [0.1, 0.15) is 38.2 Å². The number of methoxy groups -OCH3 is 1. The largest absolute Gasteiger partial charge is 0.497 e. The molecular weight excluding hydrogens is 441 g/mol. The smallest absolute Gasteiger partial charge is 0.191 e. The van der Waals surface area contributed by atoms with E-state index < -0.39 is 0 Å². The molecule has 2 saturated carbocycles. The number of guanidine groups is 1. The van der Waals surface area contributed by atoms with E-state index in [9.17, 15) is 0 Å². The Morgan fingerprint density at radius 3 is 2.54 bits per heavy atom. The molecule has 1 aromatic carbocycles. The number of nitrogens with zero attached hydrogens (tertiary/aromatic N) is 1. The van der Waals surface area contributed by atoms with Crippen molar-refractivity contribution < 1.29 is 9.47 Å². The van der Waals surface area contributed by atoms with E-state index in [0.29, 0.717) is 17.6 Å². The average molecular weight is 473 g/mol. The number of benzene rings is 1. The fraction of sp³-hybridized carbons (Fsp3) is 0.650. The fourth-order valence-electron chi connectivity index (χ4n) is 4.12. The van der Waals surface area contributed by atoms with Crippen molar-refractivity contribution in [2.75, 3.05) is 27.3 Å². The van der Waals surface area contributed by atoms with Crippen molar-refractivity contribution >= 4 is 29.9 Å². The van der Waals surface area contributed by atoms with E-state index in [1.165, 1.54) is 24.8 Å². The van der Waals surface area contributed by atoms with Crippen LogP contribution in [-0.4, -0.2) is 45.4 Å². The Hall–Kier alpha value is -1.02. The first-order chi connectivity index (χ1) is 12.2. The molecule has 146 valence electrons. The van der Waals surface area contributed by atoms with Gasteiger partial charge in [0.1, 0.15) is 5.75 Å². The Morgan fingerprint density at radius 2 is 2.00 bits per heavy atom. The van der Waals surface area contributed by atoms with Gasteiger partial charge in [0.05, 0.1) is 13.2 Å². The lowest BCUT2D eigenvalue weighted by Gasteiger charge is -2.61. The zero-order chi connectivity index (χ0) is 17.7. The first kappa shape index (κ1) is 21.3. The van der Waals surface area contributed by atoms with E-state index in [2.05, 4.69) is 34.7 Å². The van der Waals surface area contributed by atoms with Crippen LogP contribution in [0.3, 0.4) is 0 Å². The lowest BCUT2D eigenvalue weighted by molar-refractivity contribution is -0.168. The third-order valence-corrected chi connectivity index (χ3v) is 5.84. The standard InChI is InChI=1S/C20H31N3O2.HI/c1-4-25-18-14-17(20(18)11-5-12-20)23-19(21-2)22-13-10-15-6-8-16(24-3)9-7-15;/h6-9,17-18H,4-5,10-14H2,1-3H3,(H2,21,22,23);1H. The maximum Gasteiger partial charge on any atom is 0.191 e. The van der Waals surface area contributed by atoms with Crippen molar-refractivity contribution in [3.05, 3.63) is 29.8 Å². The summed E-state index contributed by atoms with van der Waals surface area (Å²) in [5.41, 5.74) is 1.64. The SMILES string of the molecule is CCOC1CC(NC(=NC)NCCc2ccc(OC)cc2)C12CCC2.I. The summed E-state index contributed by atoms with van der Waals surface area (Å²) in [6.45, 7) is 3.77. The van der Waals surface area contributed by atoms with Crippen molar-refractivity contribution in [2.24, 2.45) is 10.4 Å². The quantitative estimate of drug-likeness (QED) is 0.362. The van der Waals surface area contributed by atoms with Gasteiger partial charge in [-0.3, -0.25) is 4.99 Å². The molecule has 2 aliphatic rings. The summed E-state index contributed by atoms with van der Waals surface area (Å²) < 4.78 is 11.1. The van der Waals surface area contributed by atoms with Crippen LogP contribution < -0.4 is 15.4 Å². The van der Waals surface area contributed by atoms with Gasteiger partial charge in [-0.25, -0.2) is 0 Å². The average Bonchev–Trinajstić information content (AvgIpc) is 2.58. The van der Waals surface area contributed by atoms with Gasteiger partial charge in [0.2, 0.25) is 0 Å². The number of aliphatic imine (C=N–C) groups is 1. The van der Waals surface area contributed by atoms with Crippen molar-refractivity contribution in [3.63, 3.8) is 0 Å². The van der Waals surface area contributed by atoms with Crippen LogP contribution in [0.4, 0.5) is 0 Å². The van der Waals surface area contributed by atoms with Gasteiger partial charge in [-0.15, -0.1) is 24.0 Å². The van der Waals surface area contributed by atoms with Crippen LogP contribution in [0.5, 0.6) is 5.75 Å². The first-order valence-corrected chi connectivity index (χ1v) is 9.43. The molecular formula is C20H32IN3O2. The molecule has 0 radical (unpaired) electrons. The third-order valence-electron chi connectivity index (χ3n) is 5.84. The Kier molecular flexibility index (Phi) is 8.01. The van der Waals surface area contributed by atoms with Gasteiger partial charge < -0.3 is 20.1 Å². The monoisotopic (exact) mass is 473 g/mol. The molecule has 2 atom stereocenters. The van der Waals surface area contributed by atoms with E-state index in [-0.39, 0.29) is 24.0 Å². The van der Waals surface area contributed by atoms with Crippen molar-refractivity contribution in [3.8, 4) is 5.75 Å². The molecule has 5 nitrogen and oxygen atoms in total. The highest BCUT2D eigenvalue weighted by molar-refractivity contribution is 14.0. The number of halogens is 1. The molecule has 0 bridgehead atoms. The predicted molar refractivity (Wildman–Crippen MR) is 117 cm³/mol. The number of hydrogen-bond acceptors (Lipinski definition) is 3. The highest BCUT2D eigenvalue weighted by atomic mass is 127. The summed E-state index contributed by atoms with van der Waals surface area (Å²) in [5.74, 6) is 1.80. The van der Waals surface area contributed by atoms with Crippen LogP contribution in [0, 0.1) is 5.41 Å². The normalized spacial score (nSPS) is 23.4. The summed E-state index contributed by atoms with van der Waals surface area (Å²) in [4.78, 5) is 4.40. The van der Waals surface area contributed by atoms with E-state index in [4.69, 9.17) is 9.47 Å². The van der Waals surface area contributed by atoms with Gasteiger partial charge in [-0.2, -0.15) is 0 Å². The number of nitrogens with one attached hydrogen (secondary N) is 2. The molecule has 26 heavy (non-hydrogen) atoms. The zero-order valence-electron chi connectivity index (χ0n) is 16.1. The molecule has 0 saturated heterocycles. The molecule has 2 N–H and O–H groups in total. The minimum absolute atomic E-state index is 0. The van der Waals surface area contributed by atoms with Gasteiger partial charge in [0, 0.05) is 31.7 Å². The lowest BCUT2D eigenvalue weighted by Crippen LogP contribution is -2.68. The van der Waals surface area contributed by atoms with Crippen LogP contribution >= 0.6 is 24.0 Å². The molecule has 1 aromatic rings. The number of hydrogen-bond donors (Lipinski definition) is 2. The minimum Gasteiger partial charge on any atom is -0.497 e. The second kappa shape index (κ2) is 9.78. The molecule has 2 unspecified atom stereocenters. The molecule has 0 aliphatic heterocycles. The van der Waals surface area contributed by atoms with Crippen LogP contribution in [0.25, 0.3) is 0 Å². The van der Waals surface area contributed by atoms with Crippen molar-refractivity contribution in [1.29, 1.82) is 0 Å². The van der Waals surface area contributed by atoms with Crippen molar-refractivity contribution in [1.82, 2.24) is 10.6 Å².